The van der Waals surface area contributed by atoms with Gasteiger partial charge in [0.2, 0.25) is 0 Å². The second kappa shape index (κ2) is 6.40. The van der Waals surface area contributed by atoms with Crippen molar-refractivity contribution in [3.05, 3.63) is 28.8 Å². The molecule has 3 heteroatoms. The van der Waals surface area contributed by atoms with Gasteiger partial charge >= 0.3 is 0 Å². The third kappa shape index (κ3) is 4.22. The highest BCUT2D eigenvalue weighted by atomic mass is 16.5. The summed E-state index contributed by atoms with van der Waals surface area (Å²) in [6.45, 7) is 11.2. The van der Waals surface area contributed by atoms with Gasteiger partial charge in [-0.05, 0) is 19.4 Å². The topological polar surface area (TPSA) is 38.5 Å². The number of likely N-dealkylation sites (N-methyl/N-ethyl adjacent to an activating group) is 1. The molecule has 0 saturated heterocycles. The molecular weight excluding hydrogens is 236 g/mol. The van der Waals surface area contributed by atoms with Crippen molar-refractivity contribution in [3.63, 3.8) is 0 Å². The fourth-order valence-electron chi connectivity index (χ4n) is 2.35. The van der Waals surface area contributed by atoms with Crippen LogP contribution in [0.1, 0.15) is 37.5 Å². The number of nitrogens with two attached hydrogens (primary N) is 1. The first-order valence-electron chi connectivity index (χ1n) is 6.86. The maximum absolute atomic E-state index is 5.68. The number of nitrogens with zero attached hydrogens (tertiary/aromatic N) is 1. The van der Waals surface area contributed by atoms with Crippen molar-refractivity contribution in [3.8, 4) is 5.75 Å². The third-order valence-corrected chi connectivity index (χ3v) is 3.27. The van der Waals surface area contributed by atoms with Gasteiger partial charge in [0, 0.05) is 30.8 Å². The minimum atomic E-state index is 0.0819. The van der Waals surface area contributed by atoms with Crippen molar-refractivity contribution in [1.82, 2.24) is 4.90 Å². The smallest absolute Gasteiger partial charge is 0.127 e. The zero-order valence-electron chi connectivity index (χ0n) is 13.2. The number of ether oxygens (including phenoxy) is 1. The SMILES string of the molecule is COc1c(CN(C)CCN)cc(C)cc1C(C)(C)C. The Kier molecular flexibility index (Phi) is 5.39. The summed E-state index contributed by atoms with van der Waals surface area (Å²) in [4.78, 5) is 2.23. The summed E-state index contributed by atoms with van der Waals surface area (Å²) in [5.41, 5.74) is 9.48. The van der Waals surface area contributed by atoms with E-state index in [-0.39, 0.29) is 5.41 Å². The Morgan fingerprint density at radius 2 is 1.89 bits per heavy atom. The lowest BCUT2D eigenvalue weighted by Crippen LogP contribution is -2.25. The van der Waals surface area contributed by atoms with E-state index in [4.69, 9.17) is 10.5 Å². The summed E-state index contributed by atoms with van der Waals surface area (Å²) >= 11 is 0. The summed E-state index contributed by atoms with van der Waals surface area (Å²) in [6.07, 6.45) is 0. The third-order valence-electron chi connectivity index (χ3n) is 3.27. The monoisotopic (exact) mass is 264 g/mol. The molecule has 1 rings (SSSR count). The predicted molar refractivity (Wildman–Crippen MR) is 81.8 cm³/mol. The number of benzene rings is 1. The molecule has 0 aliphatic heterocycles. The van der Waals surface area contributed by atoms with Crippen LogP contribution in [-0.4, -0.2) is 32.1 Å². The maximum atomic E-state index is 5.68. The van der Waals surface area contributed by atoms with Gasteiger partial charge in [-0.15, -0.1) is 0 Å². The van der Waals surface area contributed by atoms with E-state index in [2.05, 4.69) is 51.8 Å². The minimum Gasteiger partial charge on any atom is -0.496 e. The van der Waals surface area contributed by atoms with E-state index < -0.39 is 0 Å². The number of hydrogen-bond acceptors (Lipinski definition) is 3. The van der Waals surface area contributed by atoms with Crippen LogP contribution in [0.2, 0.25) is 0 Å². The van der Waals surface area contributed by atoms with Crippen LogP contribution < -0.4 is 10.5 Å². The molecule has 0 spiro atoms. The second-order valence-corrected chi connectivity index (χ2v) is 6.28. The molecule has 19 heavy (non-hydrogen) atoms. The average molecular weight is 264 g/mol. The molecule has 0 radical (unpaired) electrons. The highest BCUT2D eigenvalue weighted by Gasteiger charge is 2.22. The molecule has 0 saturated carbocycles. The van der Waals surface area contributed by atoms with E-state index in [0.29, 0.717) is 6.54 Å². The van der Waals surface area contributed by atoms with Gasteiger partial charge in [0.15, 0.2) is 0 Å². The van der Waals surface area contributed by atoms with E-state index in [1.165, 1.54) is 16.7 Å². The lowest BCUT2D eigenvalue weighted by atomic mass is 9.84. The van der Waals surface area contributed by atoms with Gasteiger partial charge in [-0.25, -0.2) is 0 Å². The van der Waals surface area contributed by atoms with Crippen molar-refractivity contribution in [2.24, 2.45) is 5.73 Å². The number of methoxy groups -OCH3 is 1. The van der Waals surface area contributed by atoms with Crippen molar-refractivity contribution in [2.45, 2.75) is 39.7 Å². The lowest BCUT2D eigenvalue weighted by Gasteiger charge is -2.26. The average Bonchev–Trinajstić information content (AvgIpc) is 2.27. The van der Waals surface area contributed by atoms with Gasteiger partial charge in [0.1, 0.15) is 5.75 Å². The van der Waals surface area contributed by atoms with Crippen LogP contribution in [0.3, 0.4) is 0 Å². The second-order valence-electron chi connectivity index (χ2n) is 6.28. The van der Waals surface area contributed by atoms with E-state index in [9.17, 15) is 0 Å². The largest absolute Gasteiger partial charge is 0.496 e. The van der Waals surface area contributed by atoms with Crippen LogP contribution in [0.5, 0.6) is 5.75 Å². The zero-order chi connectivity index (χ0) is 14.6. The van der Waals surface area contributed by atoms with Crippen molar-refractivity contribution < 1.29 is 4.74 Å². The zero-order valence-corrected chi connectivity index (χ0v) is 13.2. The number of rotatable bonds is 5. The highest BCUT2D eigenvalue weighted by molar-refractivity contribution is 5.47. The maximum Gasteiger partial charge on any atom is 0.127 e. The molecule has 0 amide bonds. The molecule has 3 nitrogen and oxygen atoms in total. The van der Waals surface area contributed by atoms with Crippen LogP contribution >= 0.6 is 0 Å². The lowest BCUT2D eigenvalue weighted by molar-refractivity contribution is 0.322. The van der Waals surface area contributed by atoms with Gasteiger partial charge < -0.3 is 15.4 Å². The molecule has 0 fully saturated rings. The first kappa shape index (κ1) is 16.0. The van der Waals surface area contributed by atoms with E-state index in [0.717, 1.165) is 18.8 Å². The van der Waals surface area contributed by atoms with Gasteiger partial charge in [-0.2, -0.15) is 0 Å². The molecule has 0 atom stereocenters. The van der Waals surface area contributed by atoms with Crippen molar-refractivity contribution >= 4 is 0 Å². The molecule has 1 aromatic rings. The molecule has 0 aromatic heterocycles. The van der Waals surface area contributed by atoms with Crippen LogP contribution in [0.15, 0.2) is 12.1 Å². The van der Waals surface area contributed by atoms with Crippen molar-refractivity contribution in [2.75, 3.05) is 27.2 Å². The Hall–Kier alpha value is -1.06. The Balaban J connectivity index is 3.20. The molecule has 0 aliphatic rings. The number of aryl methyl sites for hydroxylation is 1. The molecule has 1 aromatic carbocycles. The number of hydrogen-bond donors (Lipinski definition) is 1. The first-order valence-corrected chi connectivity index (χ1v) is 6.86. The fourth-order valence-corrected chi connectivity index (χ4v) is 2.35. The van der Waals surface area contributed by atoms with Gasteiger partial charge in [-0.3, -0.25) is 0 Å². The highest BCUT2D eigenvalue weighted by Crippen LogP contribution is 2.35. The Labute approximate surface area is 117 Å². The summed E-state index contributed by atoms with van der Waals surface area (Å²) in [5, 5.41) is 0. The predicted octanol–water partition coefficient (Wildman–Crippen LogP) is 2.69. The fraction of sp³-hybridized carbons (Fsp3) is 0.625. The molecule has 108 valence electrons. The van der Waals surface area contributed by atoms with E-state index in [1.54, 1.807) is 7.11 Å². The van der Waals surface area contributed by atoms with Crippen LogP contribution in [0.25, 0.3) is 0 Å². The Morgan fingerprint density at radius 1 is 1.26 bits per heavy atom. The molecule has 0 unspecified atom stereocenters. The van der Waals surface area contributed by atoms with Gasteiger partial charge in [0.25, 0.3) is 0 Å². The van der Waals surface area contributed by atoms with Gasteiger partial charge in [-0.1, -0.05) is 38.5 Å². The molecule has 0 aliphatic carbocycles. The van der Waals surface area contributed by atoms with Crippen LogP contribution in [0, 0.1) is 6.92 Å². The quantitative estimate of drug-likeness (QED) is 0.888. The Bertz CT molecular complexity index is 421. The summed E-state index contributed by atoms with van der Waals surface area (Å²) in [5.74, 6) is 1.02. The molecule has 0 heterocycles. The van der Waals surface area contributed by atoms with Crippen LogP contribution in [-0.2, 0) is 12.0 Å². The standard InChI is InChI=1S/C16H28N2O/c1-12-9-13(11-18(5)8-7-17)15(19-6)14(10-12)16(2,3)4/h9-10H,7-8,11,17H2,1-6H3. The molecule has 0 bridgehead atoms. The summed E-state index contributed by atoms with van der Waals surface area (Å²) < 4.78 is 5.68. The normalized spacial score (nSPS) is 12.0. The van der Waals surface area contributed by atoms with Gasteiger partial charge in [0.05, 0.1) is 7.11 Å². The van der Waals surface area contributed by atoms with Crippen LogP contribution in [0.4, 0.5) is 0 Å². The van der Waals surface area contributed by atoms with Crippen molar-refractivity contribution in [1.29, 1.82) is 0 Å². The molecular formula is C16H28N2O. The minimum absolute atomic E-state index is 0.0819. The summed E-state index contributed by atoms with van der Waals surface area (Å²) in [6, 6.07) is 4.44. The van der Waals surface area contributed by atoms with E-state index in [1.807, 2.05) is 0 Å². The van der Waals surface area contributed by atoms with E-state index >= 15 is 0 Å². The Morgan fingerprint density at radius 3 is 2.37 bits per heavy atom. The first-order chi connectivity index (χ1) is 8.79. The molecule has 2 N–H and O–H groups in total. The summed E-state index contributed by atoms with van der Waals surface area (Å²) in [7, 11) is 3.84.